The number of nitrogens with zero attached hydrogens (tertiary/aromatic N) is 4. The van der Waals surface area contributed by atoms with Crippen molar-refractivity contribution in [3.8, 4) is 0 Å². The minimum Gasteiger partial charge on any atom is -0.374 e. The van der Waals surface area contributed by atoms with Crippen LogP contribution in [0.1, 0.15) is 19.2 Å². The maximum Gasteiger partial charge on any atom is 0.136 e. The number of nitrogens with two attached hydrogens (primary N) is 1. The lowest BCUT2D eigenvalue weighted by molar-refractivity contribution is 0.121. The van der Waals surface area contributed by atoms with Gasteiger partial charge >= 0.3 is 0 Å². The average Bonchev–Trinajstić information content (AvgIpc) is 2.91. The van der Waals surface area contributed by atoms with E-state index in [2.05, 4.69) is 24.4 Å². The third-order valence-corrected chi connectivity index (χ3v) is 3.49. The van der Waals surface area contributed by atoms with Gasteiger partial charge in [0.25, 0.3) is 0 Å². The van der Waals surface area contributed by atoms with Gasteiger partial charge < -0.3 is 14.1 Å². The molecular weight excluding hydrogens is 282 g/mol. The summed E-state index contributed by atoms with van der Waals surface area (Å²) in [5.41, 5.74) is 3.52. The van der Waals surface area contributed by atoms with Gasteiger partial charge in [0.1, 0.15) is 23.5 Å². The van der Waals surface area contributed by atoms with Crippen molar-refractivity contribution in [2.75, 3.05) is 13.2 Å². The molecule has 3 aromatic heterocycles. The molecule has 2 N–H and O–H groups in total. The highest BCUT2D eigenvalue weighted by Crippen LogP contribution is 2.23. The summed E-state index contributed by atoms with van der Waals surface area (Å²) in [5.74, 6) is 5.99. The van der Waals surface area contributed by atoms with Crippen molar-refractivity contribution in [2.45, 2.75) is 26.5 Å². The van der Waals surface area contributed by atoms with Gasteiger partial charge in [-0.05, 0) is 25.5 Å². The second kappa shape index (κ2) is 6.78. The van der Waals surface area contributed by atoms with Crippen LogP contribution in [0.5, 0.6) is 0 Å². The molecule has 0 atom stereocenters. The lowest BCUT2D eigenvalue weighted by atomic mass is 10.3. The number of rotatable bonds is 7. The molecule has 7 nitrogen and oxygen atoms in total. The van der Waals surface area contributed by atoms with E-state index < -0.39 is 0 Å². The molecule has 0 fully saturated rings. The maximum atomic E-state index is 5.53. The summed E-state index contributed by atoms with van der Waals surface area (Å²) in [4.78, 5) is 18.2. The third-order valence-electron chi connectivity index (χ3n) is 3.49. The monoisotopic (exact) mass is 301 g/mol. The zero-order chi connectivity index (χ0) is 15.4. The Morgan fingerprint density at radius 2 is 2.18 bits per heavy atom. The van der Waals surface area contributed by atoms with Crippen LogP contribution in [-0.2, 0) is 22.7 Å². The van der Waals surface area contributed by atoms with Crippen LogP contribution in [0.4, 0.5) is 0 Å². The molecule has 3 rings (SSSR count). The highest BCUT2D eigenvalue weighted by atomic mass is 16.6. The van der Waals surface area contributed by atoms with Crippen molar-refractivity contribution in [2.24, 2.45) is 5.90 Å². The SMILES string of the molecule is CCOCc1nc2cnc3cccnc3c2n1CCCON. The van der Waals surface area contributed by atoms with Gasteiger partial charge in [0.15, 0.2) is 0 Å². The Hall–Kier alpha value is -2.09. The van der Waals surface area contributed by atoms with E-state index in [1.54, 1.807) is 12.4 Å². The van der Waals surface area contributed by atoms with Crippen molar-refractivity contribution in [3.05, 3.63) is 30.4 Å². The molecule has 0 aromatic carbocycles. The quantitative estimate of drug-likeness (QED) is 0.529. The summed E-state index contributed by atoms with van der Waals surface area (Å²) >= 11 is 0. The van der Waals surface area contributed by atoms with Crippen molar-refractivity contribution in [3.63, 3.8) is 0 Å². The Balaban J connectivity index is 2.12. The summed E-state index contributed by atoms with van der Waals surface area (Å²) in [6.07, 6.45) is 4.34. The second-order valence-corrected chi connectivity index (χ2v) is 4.90. The Kier molecular flexibility index (Phi) is 4.57. The van der Waals surface area contributed by atoms with Crippen molar-refractivity contribution in [1.82, 2.24) is 19.5 Å². The number of hydrogen-bond acceptors (Lipinski definition) is 6. The molecule has 0 aliphatic heterocycles. The molecule has 0 aliphatic carbocycles. The van der Waals surface area contributed by atoms with Gasteiger partial charge in [-0.3, -0.25) is 9.97 Å². The Morgan fingerprint density at radius 1 is 1.27 bits per heavy atom. The van der Waals surface area contributed by atoms with E-state index >= 15 is 0 Å². The predicted octanol–water partition coefficient (Wildman–Crippen LogP) is 1.80. The Labute approximate surface area is 128 Å². The van der Waals surface area contributed by atoms with E-state index in [0.717, 1.165) is 40.9 Å². The smallest absolute Gasteiger partial charge is 0.136 e. The van der Waals surface area contributed by atoms with Crippen molar-refractivity contribution < 1.29 is 9.57 Å². The molecule has 0 aliphatic rings. The molecule has 0 bridgehead atoms. The van der Waals surface area contributed by atoms with Crippen LogP contribution in [0.25, 0.3) is 22.1 Å². The van der Waals surface area contributed by atoms with Crippen LogP contribution >= 0.6 is 0 Å². The summed E-state index contributed by atoms with van der Waals surface area (Å²) in [7, 11) is 0. The number of aryl methyl sites for hydroxylation is 1. The molecule has 7 heteroatoms. The number of pyridine rings is 2. The van der Waals surface area contributed by atoms with E-state index in [0.29, 0.717) is 19.8 Å². The number of ether oxygens (including phenoxy) is 1. The number of hydrogen-bond donors (Lipinski definition) is 1. The minimum absolute atomic E-state index is 0.461. The highest BCUT2D eigenvalue weighted by Gasteiger charge is 2.14. The summed E-state index contributed by atoms with van der Waals surface area (Å²) in [5, 5.41) is 0. The van der Waals surface area contributed by atoms with Gasteiger partial charge in [-0.1, -0.05) is 0 Å². The number of fused-ring (bicyclic) bond motifs is 3. The minimum atomic E-state index is 0.461. The summed E-state index contributed by atoms with van der Waals surface area (Å²) < 4.78 is 7.65. The molecule has 116 valence electrons. The van der Waals surface area contributed by atoms with E-state index in [1.807, 2.05) is 19.1 Å². The van der Waals surface area contributed by atoms with Crippen molar-refractivity contribution in [1.29, 1.82) is 0 Å². The first kappa shape index (κ1) is 14.8. The van der Waals surface area contributed by atoms with Gasteiger partial charge in [-0.15, -0.1) is 0 Å². The highest BCUT2D eigenvalue weighted by molar-refractivity contribution is 5.99. The first-order valence-corrected chi connectivity index (χ1v) is 7.33. The van der Waals surface area contributed by atoms with Gasteiger partial charge in [-0.25, -0.2) is 10.9 Å². The molecule has 3 heterocycles. The van der Waals surface area contributed by atoms with E-state index in [9.17, 15) is 0 Å². The maximum absolute atomic E-state index is 5.53. The largest absolute Gasteiger partial charge is 0.374 e. The average molecular weight is 301 g/mol. The molecule has 0 unspecified atom stereocenters. The molecule has 0 spiro atoms. The number of aromatic nitrogens is 4. The normalized spacial score (nSPS) is 11.5. The predicted molar refractivity (Wildman–Crippen MR) is 82.9 cm³/mol. The number of imidazole rings is 1. The standard InChI is InChI=1S/C15H19N5O2/c1-2-21-10-13-19-12-9-18-11-5-3-6-17-14(11)15(12)20(13)7-4-8-22-16/h3,5-6,9H,2,4,7-8,10,16H2,1H3. The molecule has 0 saturated heterocycles. The van der Waals surface area contributed by atoms with Gasteiger partial charge in [0.05, 0.1) is 23.8 Å². The Bertz CT molecular complexity index is 771. The summed E-state index contributed by atoms with van der Waals surface area (Å²) in [6, 6.07) is 3.83. The Morgan fingerprint density at radius 3 is 3.00 bits per heavy atom. The van der Waals surface area contributed by atoms with Crippen LogP contribution in [0.3, 0.4) is 0 Å². The van der Waals surface area contributed by atoms with Crippen LogP contribution in [0.15, 0.2) is 24.5 Å². The lowest BCUT2D eigenvalue weighted by Gasteiger charge is -2.09. The van der Waals surface area contributed by atoms with Crippen LogP contribution in [0, 0.1) is 0 Å². The second-order valence-electron chi connectivity index (χ2n) is 4.90. The van der Waals surface area contributed by atoms with Crippen molar-refractivity contribution >= 4 is 22.1 Å². The zero-order valence-electron chi connectivity index (χ0n) is 12.5. The summed E-state index contributed by atoms with van der Waals surface area (Å²) in [6.45, 7) is 4.30. The molecular formula is C15H19N5O2. The van der Waals surface area contributed by atoms with E-state index in [4.69, 9.17) is 10.6 Å². The van der Waals surface area contributed by atoms with Crippen LogP contribution < -0.4 is 5.90 Å². The van der Waals surface area contributed by atoms with Crippen LogP contribution in [-0.4, -0.2) is 32.7 Å². The molecule has 3 aromatic rings. The fourth-order valence-electron chi connectivity index (χ4n) is 2.52. The fraction of sp³-hybridized carbons (Fsp3) is 0.400. The zero-order valence-corrected chi connectivity index (χ0v) is 12.5. The topological polar surface area (TPSA) is 88.1 Å². The lowest BCUT2D eigenvalue weighted by Crippen LogP contribution is -2.10. The molecule has 22 heavy (non-hydrogen) atoms. The molecule has 0 amide bonds. The van der Waals surface area contributed by atoms with E-state index in [-0.39, 0.29) is 0 Å². The first-order chi connectivity index (χ1) is 10.8. The van der Waals surface area contributed by atoms with E-state index in [1.165, 1.54) is 0 Å². The van der Waals surface area contributed by atoms with Crippen LogP contribution in [0.2, 0.25) is 0 Å². The fourth-order valence-corrected chi connectivity index (χ4v) is 2.52. The van der Waals surface area contributed by atoms with Gasteiger partial charge in [0.2, 0.25) is 0 Å². The first-order valence-electron chi connectivity index (χ1n) is 7.33. The molecule has 0 radical (unpaired) electrons. The van der Waals surface area contributed by atoms with Gasteiger partial charge in [-0.2, -0.15) is 0 Å². The van der Waals surface area contributed by atoms with Gasteiger partial charge in [0, 0.05) is 19.3 Å². The third kappa shape index (κ3) is 2.78. The molecule has 0 saturated carbocycles.